The lowest BCUT2D eigenvalue weighted by Gasteiger charge is -2.07. The van der Waals surface area contributed by atoms with Gasteiger partial charge in [0.2, 0.25) is 0 Å². The lowest BCUT2D eigenvalue weighted by Crippen LogP contribution is -2.14. The highest BCUT2D eigenvalue weighted by molar-refractivity contribution is 5.73. The van der Waals surface area contributed by atoms with E-state index < -0.39 is 0 Å². The van der Waals surface area contributed by atoms with E-state index >= 15 is 0 Å². The predicted octanol–water partition coefficient (Wildman–Crippen LogP) is 5.12. The molecule has 0 aliphatic carbocycles. The van der Waals surface area contributed by atoms with Crippen LogP contribution in [-0.2, 0) is 11.3 Å². The van der Waals surface area contributed by atoms with Gasteiger partial charge in [0.15, 0.2) is 0 Å². The third kappa shape index (κ3) is 3.26. The Kier molecular flexibility index (Phi) is 4.21. The number of carbonyl (C=O) groups excluding carboxylic acids is 1. The van der Waals surface area contributed by atoms with Crippen LogP contribution in [0.1, 0.15) is 28.8 Å². The lowest BCUT2D eigenvalue weighted by atomic mass is 10.0. The normalized spacial score (nSPS) is 18.6. The summed E-state index contributed by atoms with van der Waals surface area (Å²) in [6.07, 6.45) is -0.272. The summed E-state index contributed by atoms with van der Waals surface area (Å²) in [5.41, 5.74) is 3.26. The van der Waals surface area contributed by atoms with Crippen molar-refractivity contribution >= 4 is 6.09 Å². The van der Waals surface area contributed by atoms with Crippen LogP contribution in [0.2, 0.25) is 0 Å². The summed E-state index contributed by atoms with van der Waals surface area (Å²) in [6, 6.07) is 30.1. The van der Waals surface area contributed by atoms with Crippen LogP contribution in [0.15, 0.2) is 91.0 Å². The fraction of sp³-hybridized carbons (Fsp3) is 0.136. The van der Waals surface area contributed by atoms with E-state index in [0.717, 1.165) is 16.7 Å². The van der Waals surface area contributed by atoms with Gasteiger partial charge in [0.25, 0.3) is 0 Å². The van der Waals surface area contributed by atoms with Gasteiger partial charge >= 0.3 is 6.09 Å². The number of benzene rings is 3. The fourth-order valence-electron chi connectivity index (χ4n) is 3.24. The van der Waals surface area contributed by atoms with Crippen molar-refractivity contribution < 1.29 is 9.53 Å². The van der Waals surface area contributed by atoms with E-state index in [4.69, 9.17) is 4.74 Å². The Bertz CT molecular complexity index is 788. The number of rotatable bonds is 4. The average Bonchev–Trinajstić information content (AvgIpc) is 3.44. The van der Waals surface area contributed by atoms with E-state index in [1.165, 1.54) is 0 Å². The van der Waals surface area contributed by atoms with Crippen LogP contribution in [0.25, 0.3) is 0 Å². The van der Waals surface area contributed by atoms with Gasteiger partial charge in [-0.3, -0.25) is 4.90 Å². The van der Waals surface area contributed by atoms with Gasteiger partial charge in [0.05, 0.1) is 12.1 Å². The van der Waals surface area contributed by atoms with Gasteiger partial charge in [-0.05, 0) is 16.7 Å². The number of hydrogen-bond donors (Lipinski definition) is 0. The van der Waals surface area contributed by atoms with Gasteiger partial charge in [0.1, 0.15) is 6.61 Å². The molecule has 2 unspecified atom stereocenters. The zero-order chi connectivity index (χ0) is 17.1. The standard InChI is InChI=1S/C22H19NO2/c24-22(25-16-17-10-4-1-5-11-17)23-20(18-12-6-2-7-13-18)21(23)19-14-8-3-9-15-19/h1-15,20-21H,16H2. The summed E-state index contributed by atoms with van der Waals surface area (Å²) in [7, 11) is 0. The minimum Gasteiger partial charge on any atom is -0.445 e. The van der Waals surface area contributed by atoms with Gasteiger partial charge in [-0.2, -0.15) is 0 Å². The number of hydrogen-bond acceptors (Lipinski definition) is 2. The van der Waals surface area contributed by atoms with E-state index in [1.54, 1.807) is 0 Å². The Balaban J connectivity index is 1.52. The van der Waals surface area contributed by atoms with Gasteiger partial charge < -0.3 is 4.74 Å². The molecule has 0 saturated carbocycles. The third-order valence-electron chi connectivity index (χ3n) is 4.51. The SMILES string of the molecule is O=C(OCc1ccccc1)N1C(c2ccccc2)C1c1ccccc1. The topological polar surface area (TPSA) is 29.3 Å². The molecule has 1 saturated heterocycles. The molecule has 1 aliphatic rings. The van der Waals surface area contributed by atoms with Crippen molar-refractivity contribution in [1.29, 1.82) is 0 Å². The molecule has 0 radical (unpaired) electrons. The van der Waals surface area contributed by atoms with Crippen molar-refractivity contribution in [2.75, 3.05) is 0 Å². The predicted molar refractivity (Wildman–Crippen MR) is 96.8 cm³/mol. The van der Waals surface area contributed by atoms with Crippen LogP contribution in [0.3, 0.4) is 0 Å². The van der Waals surface area contributed by atoms with Crippen molar-refractivity contribution in [2.24, 2.45) is 0 Å². The molecule has 124 valence electrons. The van der Waals surface area contributed by atoms with E-state index in [0.29, 0.717) is 6.61 Å². The Labute approximate surface area is 147 Å². The first-order valence-corrected chi connectivity index (χ1v) is 8.43. The molecular weight excluding hydrogens is 310 g/mol. The van der Waals surface area contributed by atoms with Crippen LogP contribution >= 0.6 is 0 Å². The van der Waals surface area contributed by atoms with Crippen LogP contribution in [0.4, 0.5) is 4.79 Å². The molecule has 0 N–H and O–H groups in total. The Morgan fingerprint density at radius 1 is 0.720 bits per heavy atom. The number of nitrogens with zero attached hydrogens (tertiary/aromatic N) is 1. The second-order valence-electron chi connectivity index (χ2n) is 6.16. The first-order chi connectivity index (χ1) is 12.3. The van der Waals surface area contributed by atoms with Gasteiger partial charge in [-0.1, -0.05) is 91.0 Å². The van der Waals surface area contributed by atoms with Gasteiger partial charge in [-0.25, -0.2) is 4.79 Å². The molecule has 3 aromatic carbocycles. The third-order valence-corrected chi connectivity index (χ3v) is 4.51. The lowest BCUT2D eigenvalue weighted by molar-refractivity contribution is 0.120. The largest absolute Gasteiger partial charge is 0.445 e. The molecule has 3 heteroatoms. The highest BCUT2D eigenvalue weighted by Crippen LogP contribution is 2.54. The maximum absolute atomic E-state index is 12.6. The molecule has 1 fully saturated rings. The summed E-state index contributed by atoms with van der Waals surface area (Å²) >= 11 is 0. The second-order valence-corrected chi connectivity index (χ2v) is 6.16. The molecule has 0 spiro atoms. The van der Waals surface area contributed by atoms with E-state index in [9.17, 15) is 4.79 Å². The second kappa shape index (κ2) is 6.81. The summed E-state index contributed by atoms with van der Waals surface area (Å²) in [5, 5.41) is 0. The highest BCUT2D eigenvalue weighted by Gasteiger charge is 2.53. The Hall–Kier alpha value is -3.07. The quantitative estimate of drug-likeness (QED) is 0.622. The molecular formula is C22H19NO2. The van der Waals surface area contributed by atoms with Crippen molar-refractivity contribution in [2.45, 2.75) is 18.7 Å². The van der Waals surface area contributed by atoms with E-state index in [2.05, 4.69) is 24.3 Å². The summed E-state index contributed by atoms with van der Waals surface area (Å²) in [5.74, 6) is 0. The maximum atomic E-state index is 12.6. The maximum Gasteiger partial charge on any atom is 0.411 e. The Morgan fingerprint density at radius 2 is 1.16 bits per heavy atom. The molecule has 4 rings (SSSR count). The molecule has 3 aromatic rings. The molecule has 2 atom stereocenters. The smallest absolute Gasteiger partial charge is 0.411 e. The number of ether oxygens (including phenoxy) is 1. The van der Waals surface area contributed by atoms with Crippen molar-refractivity contribution in [3.8, 4) is 0 Å². The molecule has 0 bridgehead atoms. The van der Waals surface area contributed by atoms with Gasteiger partial charge in [-0.15, -0.1) is 0 Å². The molecule has 1 heterocycles. The molecule has 3 nitrogen and oxygen atoms in total. The van der Waals surface area contributed by atoms with Crippen LogP contribution in [-0.4, -0.2) is 11.0 Å². The minimum absolute atomic E-state index is 0.0341. The van der Waals surface area contributed by atoms with E-state index in [1.807, 2.05) is 71.6 Å². The fourth-order valence-corrected chi connectivity index (χ4v) is 3.24. The number of carbonyl (C=O) groups is 1. The Morgan fingerprint density at radius 3 is 1.64 bits per heavy atom. The van der Waals surface area contributed by atoms with Crippen LogP contribution < -0.4 is 0 Å². The summed E-state index contributed by atoms with van der Waals surface area (Å²) in [4.78, 5) is 14.5. The zero-order valence-corrected chi connectivity index (χ0v) is 13.8. The average molecular weight is 329 g/mol. The first-order valence-electron chi connectivity index (χ1n) is 8.43. The highest BCUT2D eigenvalue weighted by atomic mass is 16.6. The summed E-state index contributed by atoms with van der Waals surface area (Å²) in [6.45, 7) is 0.291. The summed E-state index contributed by atoms with van der Waals surface area (Å²) < 4.78 is 5.54. The number of amides is 1. The van der Waals surface area contributed by atoms with Gasteiger partial charge in [0, 0.05) is 0 Å². The minimum atomic E-state index is -0.272. The molecule has 25 heavy (non-hydrogen) atoms. The molecule has 1 amide bonds. The molecule has 1 aliphatic heterocycles. The monoisotopic (exact) mass is 329 g/mol. The first kappa shape index (κ1) is 15.5. The van der Waals surface area contributed by atoms with Crippen LogP contribution in [0, 0.1) is 0 Å². The van der Waals surface area contributed by atoms with E-state index in [-0.39, 0.29) is 18.2 Å². The van der Waals surface area contributed by atoms with Crippen molar-refractivity contribution in [1.82, 2.24) is 4.90 Å². The zero-order valence-electron chi connectivity index (χ0n) is 13.8. The van der Waals surface area contributed by atoms with Crippen molar-refractivity contribution in [3.05, 3.63) is 108 Å². The van der Waals surface area contributed by atoms with Crippen LogP contribution in [0.5, 0.6) is 0 Å². The molecule has 0 aromatic heterocycles. The van der Waals surface area contributed by atoms with Crippen molar-refractivity contribution in [3.63, 3.8) is 0 Å².